The van der Waals surface area contributed by atoms with E-state index in [1.54, 1.807) is 6.07 Å². The van der Waals surface area contributed by atoms with Crippen LogP contribution in [0.15, 0.2) is 36.4 Å². The van der Waals surface area contributed by atoms with E-state index >= 15 is 0 Å². The Kier molecular flexibility index (Phi) is 3.19. The molecule has 3 fully saturated rings. The summed E-state index contributed by atoms with van der Waals surface area (Å²) in [7, 11) is 0. The Bertz CT molecular complexity index is 774. The zero-order valence-electron chi connectivity index (χ0n) is 12.6. The number of hydrogen-bond donors (Lipinski definition) is 0. The molecule has 1 aromatic carbocycles. The molecule has 24 heavy (non-hydrogen) atoms. The van der Waals surface area contributed by atoms with E-state index < -0.39 is 29.8 Å². The molecule has 2 amide bonds. The first-order valence-corrected chi connectivity index (χ1v) is 8.93. The number of anilines is 1. The predicted octanol–water partition coefficient (Wildman–Crippen LogP) is 1.48. The molecule has 5 rings (SSSR count). The Morgan fingerprint density at radius 1 is 1.17 bits per heavy atom. The van der Waals surface area contributed by atoms with E-state index in [-0.39, 0.29) is 11.8 Å². The normalized spacial score (nSPS) is 37.7. The predicted molar refractivity (Wildman–Crippen MR) is 91.1 cm³/mol. The molecule has 6 nitrogen and oxygen atoms in total. The lowest BCUT2D eigenvalue weighted by Gasteiger charge is -2.32. The van der Waals surface area contributed by atoms with Gasteiger partial charge in [-0.05, 0) is 46.9 Å². The fourth-order valence-electron chi connectivity index (χ4n) is 4.20. The van der Waals surface area contributed by atoms with E-state index in [1.807, 2.05) is 30.4 Å². The van der Waals surface area contributed by atoms with Crippen LogP contribution in [-0.2, 0) is 23.8 Å². The first-order valence-electron chi connectivity index (χ1n) is 7.85. The molecular weight excluding hydrogens is 425 g/mol. The Morgan fingerprint density at radius 3 is 2.71 bits per heavy atom. The summed E-state index contributed by atoms with van der Waals surface area (Å²) < 4.78 is 18.3. The molecule has 0 N–H and O–H groups in total. The average molecular weight is 439 g/mol. The molecule has 0 radical (unpaired) electrons. The topological polar surface area (TPSA) is 65.1 Å². The monoisotopic (exact) mass is 439 g/mol. The third-order valence-corrected chi connectivity index (χ3v) is 5.81. The second-order valence-corrected chi connectivity index (χ2v) is 7.61. The van der Waals surface area contributed by atoms with Crippen molar-refractivity contribution in [2.24, 2.45) is 11.8 Å². The van der Waals surface area contributed by atoms with Crippen molar-refractivity contribution in [3.63, 3.8) is 0 Å². The van der Waals surface area contributed by atoms with E-state index in [9.17, 15) is 9.59 Å². The minimum atomic E-state index is -0.991. The van der Waals surface area contributed by atoms with Gasteiger partial charge < -0.3 is 14.2 Å². The molecule has 4 aliphatic rings. The molecule has 4 atom stereocenters. The SMILES string of the molecule is O=C1[C@H]2[C@@H](C(=O)N1c1cccc(I)c1)[C@@]1(C3OCCO3)C=C[C@H]2O1. The van der Waals surface area contributed by atoms with Crippen LogP contribution in [0.4, 0.5) is 5.69 Å². The summed E-state index contributed by atoms with van der Waals surface area (Å²) in [5.41, 5.74) is -0.385. The molecule has 0 saturated carbocycles. The Hall–Kier alpha value is -1.29. The van der Waals surface area contributed by atoms with Crippen molar-refractivity contribution in [2.45, 2.75) is 18.0 Å². The molecule has 1 aromatic rings. The van der Waals surface area contributed by atoms with Crippen LogP contribution in [0.2, 0.25) is 0 Å². The fraction of sp³-hybridized carbons (Fsp3) is 0.412. The molecule has 4 heterocycles. The second kappa shape index (κ2) is 5.10. The van der Waals surface area contributed by atoms with Gasteiger partial charge in [-0.1, -0.05) is 12.1 Å². The van der Waals surface area contributed by atoms with E-state index in [2.05, 4.69) is 22.6 Å². The highest BCUT2D eigenvalue weighted by Crippen LogP contribution is 2.55. The molecule has 0 aromatic heterocycles. The molecular formula is C17H14INO5. The van der Waals surface area contributed by atoms with Gasteiger partial charge in [-0.3, -0.25) is 9.59 Å². The Balaban J connectivity index is 1.57. The van der Waals surface area contributed by atoms with E-state index in [1.165, 1.54) is 4.90 Å². The summed E-state index contributed by atoms with van der Waals surface area (Å²) >= 11 is 2.17. The van der Waals surface area contributed by atoms with Crippen LogP contribution in [0.25, 0.3) is 0 Å². The van der Waals surface area contributed by atoms with Gasteiger partial charge in [-0.25, -0.2) is 4.90 Å². The van der Waals surface area contributed by atoms with Gasteiger partial charge in [0.2, 0.25) is 11.8 Å². The molecule has 4 aliphatic heterocycles. The molecule has 0 spiro atoms. The average Bonchev–Trinajstić information content (AvgIpc) is 3.31. The maximum absolute atomic E-state index is 13.1. The van der Waals surface area contributed by atoms with E-state index in [0.717, 1.165) is 3.57 Å². The number of amides is 2. The van der Waals surface area contributed by atoms with Crippen LogP contribution in [0.5, 0.6) is 0 Å². The molecule has 2 bridgehead atoms. The Morgan fingerprint density at radius 2 is 1.96 bits per heavy atom. The van der Waals surface area contributed by atoms with Gasteiger partial charge in [0.1, 0.15) is 0 Å². The lowest BCUT2D eigenvalue weighted by atomic mass is 9.76. The van der Waals surface area contributed by atoms with Gasteiger partial charge in [-0.15, -0.1) is 0 Å². The summed E-state index contributed by atoms with van der Waals surface area (Å²) in [6.07, 6.45) is 2.67. The van der Waals surface area contributed by atoms with Crippen LogP contribution in [0.1, 0.15) is 0 Å². The van der Waals surface area contributed by atoms with Crippen LogP contribution < -0.4 is 4.90 Å². The number of carbonyl (C=O) groups is 2. The third-order valence-electron chi connectivity index (χ3n) is 5.13. The summed E-state index contributed by atoms with van der Waals surface area (Å²) in [6.45, 7) is 0.933. The second-order valence-electron chi connectivity index (χ2n) is 6.36. The third kappa shape index (κ3) is 1.81. The quantitative estimate of drug-likeness (QED) is 0.397. The molecule has 0 unspecified atom stereocenters. The van der Waals surface area contributed by atoms with Crippen molar-refractivity contribution in [1.29, 1.82) is 0 Å². The van der Waals surface area contributed by atoms with Gasteiger partial charge >= 0.3 is 0 Å². The van der Waals surface area contributed by atoms with Crippen molar-refractivity contribution >= 4 is 40.1 Å². The summed E-state index contributed by atoms with van der Waals surface area (Å²) in [6, 6.07) is 7.38. The molecule has 124 valence electrons. The van der Waals surface area contributed by atoms with Crippen LogP contribution in [0, 0.1) is 15.4 Å². The van der Waals surface area contributed by atoms with Gasteiger partial charge in [-0.2, -0.15) is 0 Å². The number of rotatable bonds is 2. The standard InChI is InChI=1S/C17H14INO5/c18-9-2-1-3-10(8-9)19-14(20)12-11-4-5-17(24-11,13(12)15(19)21)16-22-6-7-23-16/h1-5,8,11-13,16H,6-7H2/t11-,12-,13+,17-/m1/s1. The summed E-state index contributed by atoms with van der Waals surface area (Å²) in [5, 5.41) is 0. The maximum Gasteiger partial charge on any atom is 0.241 e. The minimum Gasteiger partial charge on any atom is -0.357 e. The van der Waals surface area contributed by atoms with Gasteiger partial charge in [0.25, 0.3) is 0 Å². The minimum absolute atomic E-state index is 0.207. The number of nitrogens with zero attached hydrogens (tertiary/aromatic N) is 1. The van der Waals surface area contributed by atoms with E-state index in [0.29, 0.717) is 18.9 Å². The Labute approximate surface area is 151 Å². The number of carbonyl (C=O) groups excluding carboxylic acids is 2. The first-order chi connectivity index (χ1) is 11.6. The van der Waals surface area contributed by atoms with Gasteiger partial charge in [0, 0.05) is 3.57 Å². The van der Waals surface area contributed by atoms with Crippen molar-refractivity contribution in [3.8, 4) is 0 Å². The highest BCUT2D eigenvalue weighted by atomic mass is 127. The van der Waals surface area contributed by atoms with Gasteiger partial charge in [0.15, 0.2) is 11.9 Å². The lowest BCUT2D eigenvalue weighted by Crippen LogP contribution is -2.49. The zero-order chi connectivity index (χ0) is 16.5. The fourth-order valence-corrected chi connectivity index (χ4v) is 4.72. The van der Waals surface area contributed by atoms with E-state index in [4.69, 9.17) is 14.2 Å². The number of imide groups is 1. The maximum atomic E-state index is 13.1. The summed E-state index contributed by atoms with van der Waals surface area (Å²) in [4.78, 5) is 27.4. The number of hydrogen-bond acceptors (Lipinski definition) is 5. The lowest BCUT2D eigenvalue weighted by molar-refractivity contribution is -0.180. The van der Waals surface area contributed by atoms with Crippen LogP contribution >= 0.6 is 22.6 Å². The number of halogens is 1. The highest BCUT2D eigenvalue weighted by molar-refractivity contribution is 14.1. The van der Waals surface area contributed by atoms with Crippen LogP contribution in [-0.4, -0.2) is 43.0 Å². The van der Waals surface area contributed by atoms with Crippen molar-refractivity contribution in [1.82, 2.24) is 0 Å². The molecule has 0 aliphatic carbocycles. The number of ether oxygens (including phenoxy) is 3. The first kappa shape index (κ1) is 15.0. The smallest absolute Gasteiger partial charge is 0.241 e. The number of benzene rings is 1. The highest BCUT2D eigenvalue weighted by Gasteiger charge is 2.71. The zero-order valence-corrected chi connectivity index (χ0v) is 14.7. The summed E-state index contributed by atoms with van der Waals surface area (Å²) in [5.74, 6) is -1.55. The van der Waals surface area contributed by atoms with Crippen molar-refractivity contribution in [2.75, 3.05) is 18.1 Å². The van der Waals surface area contributed by atoms with Crippen molar-refractivity contribution < 1.29 is 23.8 Å². The largest absolute Gasteiger partial charge is 0.357 e. The molecule has 3 saturated heterocycles. The number of fused-ring (bicyclic) bond motifs is 5. The molecule has 7 heteroatoms. The van der Waals surface area contributed by atoms with Crippen LogP contribution in [0.3, 0.4) is 0 Å². The van der Waals surface area contributed by atoms with Crippen molar-refractivity contribution in [3.05, 3.63) is 40.0 Å². The van der Waals surface area contributed by atoms with Gasteiger partial charge in [0.05, 0.1) is 36.8 Å².